The van der Waals surface area contributed by atoms with Gasteiger partial charge in [-0.2, -0.15) is 5.26 Å². The second-order valence-corrected chi connectivity index (χ2v) is 11.0. The molecule has 1 fully saturated rings. The van der Waals surface area contributed by atoms with E-state index < -0.39 is 5.97 Å². The van der Waals surface area contributed by atoms with Crippen molar-refractivity contribution in [3.63, 3.8) is 0 Å². The van der Waals surface area contributed by atoms with Crippen LogP contribution in [0.15, 0.2) is 48.7 Å². The number of hydrogen-bond donors (Lipinski definition) is 2. The minimum Gasteiger partial charge on any atom is -0.484 e. The van der Waals surface area contributed by atoms with Gasteiger partial charge in [-0.15, -0.1) is 0 Å². The Morgan fingerprint density at radius 1 is 1.28 bits per heavy atom. The second kappa shape index (κ2) is 13.9. The maximum absolute atomic E-state index is 11.6. The molecule has 2 aromatic heterocycles. The topological polar surface area (TPSA) is 152 Å². The molecule has 2 atom stereocenters. The standard InChI is InChI=1S/C31H34ClN7O4/c1-20(34)38(18-30-37-26-7-6-22(31(40)41)15-27(26)39(30)17-24-10-13-42-24)12-3-2-4-23-9-11-35-29(36-23)19-43-28-8-5-21(16-33)14-25(28)32/h5-9,11,14-15,20,24H,2-4,10,12-13,17-19,34H2,1H3,(H,40,41). The lowest BCUT2D eigenvalue weighted by Crippen LogP contribution is -2.41. The summed E-state index contributed by atoms with van der Waals surface area (Å²) in [4.78, 5) is 27.6. The molecule has 0 radical (unpaired) electrons. The quantitative estimate of drug-likeness (QED) is 0.155. The predicted molar refractivity (Wildman–Crippen MR) is 161 cm³/mol. The molecule has 2 aromatic carbocycles. The van der Waals surface area contributed by atoms with Crippen LogP contribution < -0.4 is 10.5 Å². The molecule has 43 heavy (non-hydrogen) atoms. The van der Waals surface area contributed by atoms with Crippen molar-refractivity contribution >= 4 is 28.6 Å². The highest BCUT2D eigenvalue weighted by Crippen LogP contribution is 2.26. The molecule has 0 amide bonds. The van der Waals surface area contributed by atoms with E-state index in [0.717, 1.165) is 61.4 Å². The number of aromatic carboxylic acids is 1. The predicted octanol–water partition coefficient (Wildman–Crippen LogP) is 4.55. The monoisotopic (exact) mass is 603 g/mol. The van der Waals surface area contributed by atoms with E-state index in [9.17, 15) is 9.90 Å². The third-order valence-corrected chi connectivity index (χ3v) is 7.78. The number of imidazole rings is 1. The van der Waals surface area contributed by atoms with Crippen molar-refractivity contribution in [3.8, 4) is 11.8 Å². The third-order valence-electron chi connectivity index (χ3n) is 7.48. The number of carbonyl (C=O) groups is 1. The van der Waals surface area contributed by atoms with Crippen molar-refractivity contribution < 1.29 is 19.4 Å². The van der Waals surface area contributed by atoms with Gasteiger partial charge in [-0.3, -0.25) is 4.90 Å². The zero-order chi connectivity index (χ0) is 30.3. The van der Waals surface area contributed by atoms with Crippen LogP contribution in [0.2, 0.25) is 5.02 Å². The van der Waals surface area contributed by atoms with E-state index in [4.69, 9.17) is 37.1 Å². The van der Waals surface area contributed by atoms with Crippen LogP contribution in [-0.2, 0) is 30.9 Å². The van der Waals surface area contributed by atoms with E-state index in [-0.39, 0.29) is 24.4 Å². The number of aromatic nitrogens is 4. The lowest BCUT2D eigenvalue weighted by molar-refractivity contribution is -0.0592. The molecule has 5 rings (SSSR count). The number of nitrogens with zero attached hydrogens (tertiary/aromatic N) is 6. The molecule has 1 aliphatic rings. The first-order valence-corrected chi connectivity index (χ1v) is 14.7. The highest BCUT2D eigenvalue weighted by Gasteiger charge is 2.24. The van der Waals surface area contributed by atoms with Crippen LogP contribution in [0.3, 0.4) is 0 Å². The van der Waals surface area contributed by atoms with E-state index >= 15 is 0 Å². The molecule has 0 saturated carbocycles. The van der Waals surface area contributed by atoms with Crippen molar-refractivity contribution in [1.29, 1.82) is 5.26 Å². The van der Waals surface area contributed by atoms with Gasteiger partial charge in [0.15, 0.2) is 5.82 Å². The molecular weight excluding hydrogens is 570 g/mol. The van der Waals surface area contributed by atoms with Gasteiger partial charge < -0.3 is 24.9 Å². The van der Waals surface area contributed by atoms with Gasteiger partial charge in [0.25, 0.3) is 0 Å². The van der Waals surface area contributed by atoms with Gasteiger partial charge in [0.2, 0.25) is 0 Å². The second-order valence-electron chi connectivity index (χ2n) is 10.6. The Morgan fingerprint density at radius 3 is 2.81 bits per heavy atom. The highest BCUT2D eigenvalue weighted by molar-refractivity contribution is 6.32. The number of fused-ring (bicyclic) bond motifs is 1. The number of ether oxygens (including phenoxy) is 2. The van der Waals surface area contributed by atoms with E-state index in [1.807, 2.05) is 19.1 Å². The van der Waals surface area contributed by atoms with Crippen LogP contribution >= 0.6 is 11.6 Å². The zero-order valence-electron chi connectivity index (χ0n) is 23.9. The smallest absolute Gasteiger partial charge is 0.335 e. The Labute approximate surface area is 254 Å². The number of carboxylic acid groups (broad SMARTS) is 1. The van der Waals surface area contributed by atoms with Gasteiger partial charge in [-0.1, -0.05) is 11.6 Å². The lowest BCUT2D eigenvalue weighted by atomic mass is 10.1. The molecule has 4 aromatic rings. The number of halogens is 1. The number of unbranched alkanes of at least 4 members (excludes halogenated alkanes) is 1. The maximum Gasteiger partial charge on any atom is 0.335 e. The molecule has 0 spiro atoms. The number of hydrogen-bond acceptors (Lipinski definition) is 9. The van der Waals surface area contributed by atoms with Gasteiger partial charge >= 0.3 is 5.97 Å². The van der Waals surface area contributed by atoms with Gasteiger partial charge in [0.05, 0.1) is 58.6 Å². The summed E-state index contributed by atoms with van der Waals surface area (Å²) in [6, 6.07) is 13.9. The fourth-order valence-corrected chi connectivity index (χ4v) is 5.21. The molecule has 2 unspecified atom stereocenters. The summed E-state index contributed by atoms with van der Waals surface area (Å²) in [5.74, 6) is 0.901. The summed E-state index contributed by atoms with van der Waals surface area (Å²) in [6.07, 6.45) is 5.16. The Hall–Kier alpha value is -4.08. The Kier molecular flexibility index (Phi) is 9.84. The molecule has 0 bridgehead atoms. The average Bonchev–Trinajstić information content (AvgIpc) is 3.31. The van der Waals surface area contributed by atoms with Crippen LogP contribution in [0, 0.1) is 11.3 Å². The van der Waals surface area contributed by atoms with Gasteiger partial charge in [0, 0.05) is 25.0 Å². The molecule has 3 N–H and O–H groups in total. The van der Waals surface area contributed by atoms with Crippen molar-refractivity contribution in [2.45, 2.75) is 64.6 Å². The van der Waals surface area contributed by atoms with Crippen LogP contribution in [0.4, 0.5) is 0 Å². The van der Waals surface area contributed by atoms with Crippen molar-refractivity contribution in [3.05, 3.63) is 82.2 Å². The number of nitriles is 1. The Balaban J connectivity index is 1.18. The minimum absolute atomic E-state index is 0.0950. The largest absolute Gasteiger partial charge is 0.484 e. The van der Waals surface area contributed by atoms with Crippen LogP contribution in [-0.4, -0.2) is 60.9 Å². The van der Waals surface area contributed by atoms with Gasteiger partial charge in [-0.25, -0.2) is 19.7 Å². The summed E-state index contributed by atoms with van der Waals surface area (Å²) in [5.41, 5.74) is 9.55. The molecule has 11 nitrogen and oxygen atoms in total. The fourth-order valence-electron chi connectivity index (χ4n) is 4.97. The van der Waals surface area contributed by atoms with E-state index in [1.165, 1.54) is 0 Å². The number of rotatable bonds is 14. The van der Waals surface area contributed by atoms with E-state index in [1.54, 1.807) is 42.6 Å². The SMILES string of the molecule is CC(N)N(CCCCc1ccnc(COc2ccc(C#N)cc2Cl)n1)Cc1nc2ccc(C(=O)O)cc2n1CC1CCO1. The van der Waals surface area contributed by atoms with E-state index in [2.05, 4.69) is 19.4 Å². The van der Waals surface area contributed by atoms with Crippen LogP contribution in [0.5, 0.6) is 5.75 Å². The number of benzene rings is 2. The first kappa shape index (κ1) is 30.4. The van der Waals surface area contributed by atoms with Crippen molar-refractivity contribution in [2.24, 2.45) is 5.73 Å². The maximum atomic E-state index is 11.6. The highest BCUT2D eigenvalue weighted by atomic mass is 35.5. The third kappa shape index (κ3) is 7.66. The zero-order valence-corrected chi connectivity index (χ0v) is 24.7. The molecule has 224 valence electrons. The van der Waals surface area contributed by atoms with Gasteiger partial charge in [0.1, 0.15) is 18.2 Å². The molecule has 1 saturated heterocycles. The first-order valence-electron chi connectivity index (χ1n) is 14.3. The minimum atomic E-state index is -0.965. The summed E-state index contributed by atoms with van der Waals surface area (Å²) < 4.78 is 13.5. The summed E-state index contributed by atoms with van der Waals surface area (Å²) in [6.45, 7) is 4.79. The lowest BCUT2D eigenvalue weighted by Gasteiger charge is -2.29. The van der Waals surface area contributed by atoms with E-state index in [0.29, 0.717) is 35.2 Å². The molecular formula is C31H34ClN7O4. The summed E-state index contributed by atoms with van der Waals surface area (Å²) >= 11 is 6.20. The summed E-state index contributed by atoms with van der Waals surface area (Å²) in [7, 11) is 0. The Bertz CT molecular complexity index is 1630. The van der Waals surface area contributed by atoms with Crippen LogP contribution in [0.1, 0.15) is 59.5 Å². The summed E-state index contributed by atoms with van der Waals surface area (Å²) in [5, 5.41) is 18.9. The van der Waals surface area contributed by atoms with Crippen LogP contribution in [0.25, 0.3) is 11.0 Å². The fraction of sp³-hybridized carbons (Fsp3) is 0.387. The normalized spacial score (nSPS) is 15.3. The number of carboxylic acids is 1. The van der Waals surface area contributed by atoms with Gasteiger partial charge in [-0.05, 0) is 75.1 Å². The van der Waals surface area contributed by atoms with Crippen molar-refractivity contribution in [2.75, 3.05) is 13.2 Å². The number of nitrogens with two attached hydrogens (primary N) is 1. The number of aryl methyl sites for hydroxylation is 1. The average molecular weight is 604 g/mol. The molecule has 1 aliphatic heterocycles. The Morgan fingerprint density at radius 2 is 2.12 bits per heavy atom. The molecule has 12 heteroatoms. The molecule has 3 heterocycles. The molecule has 0 aliphatic carbocycles. The first-order chi connectivity index (χ1) is 20.8. The van der Waals surface area contributed by atoms with Crippen molar-refractivity contribution in [1.82, 2.24) is 24.4 Å².